The molecule has 0 spiro atoms. The zero-order valence-corrected chi connectivity index (χ0v) is 11.6. The fourth-order valence-corrected chi connectivity index (χ4v) is 2.37. The van der Waals surface area contributed by atoms with Gasteiger partial charge in [0.05, 0.1) is 5.69 Å². The Bertz CT molecular complexity index is 417. The van der Waals surface area contributed by atoms with Crippen LogP contribution in [0.5, 0.6) is 5.75 Å². The van der Waals surface area contributed by atoms with Crippen LogP contribution in [0.2, 0.25) is 0 Å². The fraction of sp³-hybridized carbons (Fsp3) is 0.125. The lowest BCUT2D eigenvalue weighted by atomic mass is 10.3. The molecule has 0 amide bonds. The Hall–Kier alpha value is -0.470. The number of anilines is 1. The van der Waals surface area contributed by atoms with E-state index in [1.807, 2.05) is 0 Å². The van der Waals surface area contributed by atoms with Crippen molar-refractivity contribution in [2.45, 2.75) is 6.61 Å². The maximum atomic E-state index is 12.2. The van der Waals surface area contributed by atoms with Crippen LogP contribution in [0.15, 0.2) is 21.1 Å². The Morgan fingerprint density at radius 2 is 2.06 bits per heavy atom. The summed E-state index contributed by atoms with van der Waals surface area (Å²) in [4.78, 5) is 0. The number of nitrogens with two attached hydrogens (primary N) is 1. The number of halogens is 4. The number of alkyl halides is 2. The van der Waals surface area contributed by atoms with Crippen molar-refractivity contribution in [1.29, 1.82) is 0 Å². The van der Waals surface area contributed by atoms with Gasteiger partial charge in [-0.3, -0.25) is 0 Å². The van der Waals surface area contributed by atoms with Crippen LogP contribution in [0.4, 0.5) is 14.5 Å². The Labute approximate surface area is 113 Å². The van der Waals surface area contributed by atoms with Crippen molar-refractivity contribution in [3.05, 3.63) is 21.1 Å². The summed E-state index contributed by atoms with van der Waals surface area (Å²) in [6.45, 7) is -2.92. The van der Waals surface area contributed by atoms with E-state index in [0.717, 1.165) is 0 Å². The van der Waals surface area contributed by atoms with Crippen LogP contribution in [0.1, 0.15) is 0 Å². The molecule has 0 bridgehead atoms. The summed E-state index contributed by atoms with van der Waals surface area (Å²) in [6, 6.07) is 3.04. The highest BCUT2D eigenvalue weighted by molar-refractivity contribution is 9.11. The molecule has 0 atom stereocenters. The minimum Gasteiger partial charge on any atom is -0.433 e. The summed E-state index contributed by atoms with van der Waals surface area (Å²) in [5, 5.41) is 2.52. The van der Waals surface area contributed by atoms with Gasteiger partial charge in [0.2, 0.25) is 0 Å². The van der Waals surface area contributed by atoms with Crippen LogP contribution in [-0.2, 0) is 0 Å². The molecule has 88 valence electrons. The van der Waals surface area contributed by atoms with Gasteiger partial charge in [-0.05, 0) is 40.3 Å². The molecule has 0 heterocycles. The first kappa shape index (κ1) is 13.6. The summed E-state index contributed by atoms with van der Waals surface area (Å²) >= 11 is 11.0. The molecule has 3 N–H and O–H groups in total. The second kappa shape index (κ2) is 5.74. The van der Waals surface area contributed by atoms with Crippen LogP contribution < -0.4 is 15.8 Å². The van der Waals surface area contributed by atoms with Gasteiger partial charge in [0.25, 0.3) is 0 Å². The molecular weight excluding hydrogens is 370 g/mol. The molecule has 0 unspecified atom stereocenters. The molecule has 0 fully saturated rings. The van der Waals surface area contributed by atoms with Gasteiger partial charge >= 0.3 is 6.61 Å². The van der Waals surface area contributed by atoms with Crippen molar-refractivity contribution < 1.29 is 13.5 Å². The van der Waals surface area contributed by atoms with Gasteiger partial charge in [-0.2, -0.15) is 8.78 Å². The van der Waals surface area contributed by atoms with Crippen LogP contribution >= 0.6 is 44.1 Å². The molecule has 0 radical (unpaired) electrons. The smallest absolute Gasteiger partial charge is 0.387 e. The molecule has 1 aromatic carbocycles. The average Bonchev–Trinajstić information content (AvgIpc) is 2.09. The van der Waals surface area contributed by atoms with E-state index in [-0.39, 0.29) is 16.5 Å². The molecule has 16 heavy (non-hydrogen) atoms. The van der Waals surface area contributed by atoms with Crippen molar-refractivity contribution in [3.63, 3.8) is 0 Å². The first-order valence-electron chi connectivity index (χ1n) is 3.90. The van der Waals surface area contributed by atoms with Gasteiger partial charge in [-0.15, -0.1) is 0 Å². The van der Waals surface area contributed by atoms with E-state index in [4.69, 9.17) is 5.73 Å². The number of nitrogens with one attached hydrogen (secondary N) is 1. The molecule has 0 aliphatic heterocycles. The maximum absolute atomic E-state index is 12.2. The Kier molecular flexibility index (Phi) is 4.88. The summed E-state index contributed by atoms with van der Waals surface area (Å²) in [5.41, 5.74) is 5.54. The normalized spacial score (nSPS) is 10.3. The number of benzene rings is 1. The third-order valence-corrected chi connectivity index (χ3v) is 2.67. The van der Waals surface area contributed by atoms with Crippen LogP contribution in [-0.4, -0.2) is 11.7 Å². The van der Waals surface area contributed by atoms with E-state index >= 15 is 0 Å². The van der Waals surface area contributed by atoms with Crippen LogP contribution in [0.25, 0.3) is 0 Å². The number of ether oxygens (including phenoxy) is 1. The van der Waals surface area contributed by atoms with E-state index in [1.54, 1.807) is 6.07 Å². The Balaban J connectivity index is 3.15. The molecular formula is C8H6Br2F2N2OS. The molecule has 0 aromatic heterocycles. The molecule has 0 aliphatic carbocycles. The van der Waals surface area contributed by atoms with Crippen molar-refractivity contribution in [2.75, 3.05) is 5.32 Å². The molecule has 0 aliphatic rings. The monoisotopic (exact) mass is 374 g/mol. The Morgan fingerprint density at radius 3 is 2.56 bits per heavy atom. The highest BCUT2D eigenvalue weighted by Crippen LogP contribution is 2.36. The van der Waals surface area contributed by atoms with Crippen LogP contribution in [0.3, 0.4) is 0 Å². The van der Waals surface area contributed by atoms with Gasteiger partial charge in [0.15, 0.2) is 10.9 Å². The molecule has 0 saturated carbocycles. The minimum atomic E-state index is -2.92. The van der Waals surface area contributed by atoms with Gasteiger partial charge in [0, 0.05) is 8.95 Å². The number of hydrogen-bond acceptors (Lipinski definition) is 2. The minimum absolute atomic E-state index is 0.0397. The zero-order chi connectivity index (χ0) is 12.3. The largest absolute Gasteiger partial charge is 0.433 e. The summed E-state index contributed by atoms with van der Waals surface area (Å²) < 4.78 is 29.7. The van der Waals surface area contributed by atoms with Crippen molar-refractivity contribution in [3.8, 4) is 5.75 Å². The van der Waals surface area contributed by atoms with E-state index in [9.17, 15) is 8.78 Å². The average molecular weight is 376 g/mol. The lowest BCUT2D eigenvalue weighted by Gasteiger charge is -2.13. The summed E-state index contributed by atoms with van der Waals surface area (Å²) in [6.07, 6.45) is 0. The molecule has 1 aromatic rings. The third-order valence-electron chi connectivity index (χ3n) is 1.48. The lowest BCUT2D eigenvalue weighted by Crippen LogP contribution is -2.20. The zero-order valence-electron chi connectivity index (χ0n) is 7.64. The molecule has 0 saturated heterocycles. The van der Waals surface area contributed by atoms with E-state index < -0.39 is 6.61 Å². The van der Waals surface area contributed by atoms with E-state index in [1.165, 1.54) is 6.07 Å². The standard InChI is InChI=1S/C8H6Br2F2N2OS/c9-3-1-4(10)6(14-8(13)16)5(2-3)15-7(11)12/h1-2,7H,(H3,13,14,16). The summed E-state index contributed by atoms with van der Waals surface area (Å²) in [7, 11) is 0. The highest BCUT2D eigenvalue weighted by atomic mass is 79.9. The molecule has 8 heteroatoms. The molecule has 3 nitrogen and oxygen atoms in total. The third kappa shape index (κ3) is 3.84. The quantitative estimate of drug-likeness (QED) is 0.794. The predicted molar refractivity (Wildman–Crippen MR) is 68.9 cm³/mol. The van der Waals surface area contributed by atoms with Gasteiger partial charge in [-0.1, -0.05) is 15.9 Å². The number of rotatable bonds is 3. The van der Waals surface area contributed by atoms with Crippen LogP contribution in [0, 0.1) is 0 Å². The second-order valence-corrected chi connectivity index (χ2v) is 4.84. The topological polar surface area (TPSA) is 47.3 Å². The first-order chi connectivity index (χ1) is 7.40. The number of thiocarbonyl (C=S) groups is 1. The maximum Gasteiger partial charge on any atom is 0.387 e. The van der Waals surface area contributed by atoms with Crippen molar-refractivity contribution >= 4 is 54.9 Å². The summed E-state index contributed by atoms with van der Waals surface area (Å²) in [5.74, 6) is -0.0518. The van der Waals surface area contributed by atoms with E-state index in [2.05, 4.69) is 54.1 Å². The van der Waals surface area contributed by atoms with Gasteiger partial charge in [0.1, 0.15) is 0 Å². The number of hydrogen-bond donors (Lipinski definition) is 2. The van der Waals surface area contributed by atoms with Crippen molar-refractivity contribution in [2.24, 2.45) is 5.73 Å². The highest BCUT2D eigenvalue weighted by Gasteiger charge is 2.14. The van der Waals surface area contributed by atoms with Gasteiger partial charge < -0.3 is 15.8 Å². The predicted octanol–water partition coefficient (Wildman–Crippen LogP) is 3.47. The fourth-order valence-electron chi connectivity index (χ4n) is 0.983. The molecule has 1 rings (SSSR count). The van der Waals surface area contributed by atoms with Crippen molar-refractivity contribution in [1.82, 2.24) is 0 Å². The second-order valence-electron chi connectivity index (χ2n) is 2.63. The SMILES string of the molecule is NC(=S)Nc1c(Br)cc(Br)cc1OC(F)F. The first-order valence-corrected chi connectivity index (χ1v) is 5.90. The van der Waals surface area contributed by atoms with E-state index in [0.29, 0.717) is 8.95 Å². The van der Waals surface area contributed by atoms with Gasteiger partial charge in [-0.25, -0.2) is 0 Å². The Morgan fingerprint density at radius 1 is 1.44 bits per heavy atom. The lowest BCUT2D eigenvalue weighted by molar-refractivity contribution is -0.0494.